The Hall–Kier alpha value is -2.85. The lowest BCUT2D eigenvalue weighted by atomic mass is 10.1. The number of nitrogens with zero attached hydrogens (tertiary/aromatic N) is 3. The van der Waals surface area contributed by atoms with Gasteiger partial charge in [0, 0.05) is 24.2 Å². The summed E-state index contributed by atoms with van der Waals surface area (Å²) in [6, 6.07) is 9.60. The zero-order valence-electron chi connectivity index (χ0n) is 19.0. The third-order valence-electron chi connectivity index (χ3n) is 5.57. The van der Waals surface area contributed by atoms with E-state index in [1.807, 2.05) is 0 Å². The molecule has 0 radical (unpaired) electrons. The number of hydrogen-bond acceptors (Lipinski definition) is 7. The summed E-state index contributed by atoms with van der Waals surface area (Å²) in [6.45, 7) is 0.826. The van der Waals surface area contributed by atoms with Crippen molar-refractivity contribution in [3.8, 4) is 11.5 Å². The highest BCUT2D eigenvalue weighted by molar-refractivity contribution is 7.17. The molecule has 0 bridgehead atoms. The number of ether oxygens (including phenoxy) is 2. The molecule has 1 N–H and O–H groups in total. The van der Waals surface area contributed by atoms with Crippen LogP contribution in [0.5, 0.6) is 11.5 Å². The molecule has 2 aromatic carbocycles. The van der Waals surface area contributed by atoms with Crippen LogP contribution in [0, 0.1) is 0 Å². The lowest BCUT2D eigenvalue weighted by molar-refractivity contribution is 0.0477. The van der Waals surface area contributed by atoms with Crippen LogP contribution in [-0.2, 0) is 0 Å². The van der Waals surface area contributed by atoms with Gasteiger partial charge in [0.2, 0.25) is 0 Å². The maximum Gasteiger partial charge on any atom is 0.266 e. The number of anilines is 2. The van der Waals surface area contributed by atoms with Crippen LogP contribution in [0.3, 0.4) is 0 Å². The van der Waals surface area contributed by atoms with Crippen LogP contribution in [0.4, 0.5) is 10.8 Å². The Labute approximate surface area is 216 Å². The van der Waals surface area contributed by atoms with Gasteiger partial charge in [0.1, 0.15) is 4.88 Å². The predicted octanol–water partition coefficient (Wildman–Crippen LogP) is 5.04. The van der Waals surface area contributed by atoms with Gasteiger partial charge in [-0.25, -0.2) is 4.98 Å². The van der Waals surface area contributed by atoms with E-state index >= 15 is 0 Å². The number of piperidine rings is 1. The van der Waals surface area contributed by atoms with Crippen LogP contribution < -0.4 is 14.4 Å². The number of carbonyl (C=O) groups is 2. The minimum Gasteiger partial charge on any atom is -0.493 e. The number of β-amino-alcohol motifs (C(OH)–C–C–N with tert-alkyl or cyclic N) is 1. The molecule has 11 heteroatoms. The number of carbonyl (C=O) groups excluding carboxylic acids is 2. The number of rotatable bonds is 6. The highest BCUT2D eigenvalue weighted by Gasteiger charge is 2.29. The highest BCUT2D eigenvalue weighted by Crippen LogP contribution is 2.38. The van der Waals surface area contributed by atoms with Crippen molar-refractivity contribution in [1.29, 1.82) is 0 Å². The highest BCUT2D eigenvalue weighted by atomic mass is 35.5. The second-order valence-electron chi connectivity index (χ2n) is 7.86. The molecule has 2 amide bonds. The molecule has 1 aromatic heterocycles. The summed E-state index contributed by atoms with van der Waals surface area (Å²) in [5.41, 5.74) is 0.661. The van der Waals surface area contributed by atoms with Crippen LogP contribution in [0.2, 0.25) is 10.0 Å². The Bertz CT molecular complexity index is 1250. The Balaban J connectivity index is 1.75. The Morgan fingerprint density at radius 2 is 1.91 bits per heavy atom. The van der Waals surface area contributed by atoms with Gasteiger partial charge in [-0.3, -0.25) is 14.5 Å². The Kier molecular flexibility index (Phi) is 7.81. The molecule has 1 atom stereocenters. The molecular weight excluding hydrogens is 513 g/mol. The summed E-state index contributed by atoms with van der Waals surface area (Å²) in [5.74, 6) is 0.212. The maximum atomic E-state index is 13.7. The van der Waals surface area contributed by atoms with Gasteiger partial charge in [-0.2, -0.15) is 0 Å². The summed E-state index contributed by atoms with van der Waals surface area (Å²) in [7, 11) is 3.02. The monoisotopic (exact) mass is 535 g/mol. The van der Waals surface area contributed by atoms with E-state index in [1.54, 1.807) is 29.2 Å². The van der Waals surface area contributed by atoms with Gasteiger partial charge in [0.25, 0.3) is 11.8 Å². The molecule has 35 heavy (non-hydrogen) atoms. The fourth-order valence-electron chi connectivity index (χ4n) is 3.82. The number of hydrogen-bond donors (Lipinski definition) is 1. The van der Waals surface area contributed by atoms with E-state index in [2.05, 4.69) is 4.98 Å². The summed E-state index contributed by atoms with van der Waals surface area (Å²) >= 11 is 13.4. The van der Waals surface area contributed by atoms with Crippen molar-refractivity contribution >= 4 is 57.2 Å². The predicted molar refractivity (Wildman–Crippen MR) is 136 cm³/mol. The van der Waals surface area contributed by atoms with Crippen LogP contribution >= 0.6 is 34.5 Å². The van der Waals surface area contributed by atoms with E-state index in [0.29, 0.717) is 40.1 Å². The summed E-state index contributed by atoms with van der Waals surface area (Å²) in [5, 5.41) is 10.8. The third kappa shape index (κ3) is 5.38. The normalized spacial score (nSPS) is 15.6. The summed E-state index contributed by atoms with van der Waals surface area (Å²) in [4.78, 5) is 34.5. The molecular formula is C24H23Cl2N3O5S. The number of benzene rings is 2. The Morgan fingerprint density at radius 1 is 1.14 bits per heavy atom. The molecule has 1 aliphatic rings. The van der Waals surface area contributed by atoms with Gasteiger partial charge < -0.3 is 19.5 Å². The van der Waals surface area contributed by atoms with Gasteiger partial charge in [-0.05, 0) is 43.2 Å². The SMILES string of the molecule is COc1ccc(N(C(=O)c2ccc(Cl)cc2Cl)c2ncc(C(=O)N3CCCC(O)C3)s2)cc1OC. The fourth-order valence-corrected chi connectivity index (χ4v) is 5.22. The molecule has 0 saturated carbocycles. The number of amides is 2. The van der Waals surface area contributed by atoms with Crippen LogP contribution in [0.1, 0.15) is 32.9 Å². The van der Waals surface area contributed by atoms with Crippen LogP contribution in [-0.4, -0.2) is 60.2 Å². The van der Waals surface area contributed by atoms with Crippen molar-refractivity contribution in [2.45, 2.75) is 18.9 Å². The van der Waals surface area contributed by atoms with Crippen LogP contribution in [0.25, 0.3) is 0 Å². The number of methoxy groups -OCH3 is 2. The van der Waals surface area contributed by atoms with Crippen molar-refractivity contribution in [3.05, 3.63) is 63.1 Å². The van der Waals surface area contributed by atoms with E-state index < -0.39 is 12.0 Å². The maximum absolute atomic E-state index is 13.7. The molecule has 0 spiro atoms. The molecule has 1 aliphatic heterocycles. The molecule has 1 saturated heterocycles. The number of likely N-dealkylation sites (tertiary alicyclic amines) is 1. The number of halogens is 2. The van der Waals surface area contributed by atoms with E-state index in [9.17, 15) is 14.7 Å². The molecule has 3 aromatic rings. The molecule has 1 unspecified atom stereocenters. The van der Waals surface area contributed by atoms with Gasteiger partial charge in [0.15, 0.2) is 16.6 Å². The first-order chi connectivity index (χ1) is 16.8. The fraction of sp³-hybridized carbons (Fsp3) is 0.292. The average Bonchev–Trinajstić information content (AvgIpc) is 3.33. The molecule has 2 heterocycles. The second-order valence-corrected chi connectivity index (χ2v) is 9.71. The smallest absolute Gasteiger partial charge is 0.266 e. The second kappa shape index (κ2) is 10.8. The van der Waals surface area contributed by atoms with Gasteiger partial charge in [-0.15, -0.1) is 0 Å². The lowest BCUT2D eigenvalue weighted by Gasteiger charge is -2.29. The number of aromatic nitrogens is 1. The van der Waals surface area contributed by atoms with Crippen molar-refractivity contribution in [2.75, 3.05) is 32.2 Å². The molecule has 184 valence electrons. The van der Waals surface area contributed by atoms with Crippen molar-refractivity contribution < 1.29 is 24.2 Å². The number of thiazole rings is 1. The topological polar surface area (TPSA) is 92.2 Å². The zero-order chi connectivity index (χ0) is 25.1. The van der Waals surface area contributed by atoms with Crippen LogP contribution in [0.15, 0.2) is 42.6 Å². The van der Waals surface area contributed by atoms with Crippen molar-refractivity contribution in [1.82, 2.24) is 9.88 Å². The first kappa shape index (κ1) is 25.2. The minimum absolute atomic E-state index is 0.183. The molecule has 4 rings (SSSR count). The third-order valence-corrected chi connectivity index (χ3v) is 7.09. The largest absolute Gasteiger partial charge is 0.493 e. The first-order valence-electron chi connectivity index (χ1n) is 10.8. The van der Waals surface area contributed by atoms with Crippen molar-refractivity contribution in [3.63, 3.8) is 0 Å². The molecule has 0 aliphatic carbocycles. The van der Waals surface area contributed by atoms with E-state index in [4.69, 9.17) is 32.7 Å². The van der Waals surface area contributed by atoms with E-state index in [-0.39, 0.29) is 28.2 Å². The zero-order valence-corrected chi connectivity index (χ0v) is 21.4. The summed E-state index contributed by atoms with van der Waals surface area (Å²) in [6.07, 6.45) is 2.29. The van der Waals surface area contributed by atoms with E-state index in [1.165, 1.54) is 37.4 Å². The van der Waals surface area contributed by atoms with Gasteiger partial charge >= 0.3 is 0 Å². The quantitative estimate of drug-likeness (QED) is 0.475. The molecule has 8 nitrogen and oxygen atoms in total. The van der Waals surface area contributed by atoms with Crippen molar-refractivity contribution in [2.24, 2.45) is 0 Å². The average molecular weight is 536 g/mol. The van der Waals surface area contributed by atoms with E-state index in [0.717, 1.165) is 17.8 Å². The number of aliphatic hydroxyl groups excluding tert-OH is 1. The lowest BCUT2D eigenvalue weighted by Crippen LogP contribution is -2.41. The number of aliphatic hydroxyl groups is 1. The first-order valence-corrected chi connectivity index (χ1v) is 12.3. The molecule has 1 fully saturated rings. The van der Waals surface area contributed by atoms with Gasteiger partial charge in [-0.1, -0.05) is 34.5 Å². The Morgan fingerprint density at radius 3 is 2.60 bits per heavy atom. The van der Waals surface area contributed by atoms with Gasteiger partial charge in [0.05, 0.1) is 42.8 Å². The summed E-state index contributed by atoms with van der Waals surface area (Å²) < 4.78 is 10.7. The minimum atomic E-state index is -0.544. The standard InChI is InChI=1S/C24H23Cl2N3O5S/c1-33-19-8-6-15(11-20(19)34-2)29(22(31)17-7-5-14(25)10-18(17)26)24-27-12-21(35-24)23(32)28-9-3-4-16(30)13-28/h5-8,10-12,16,30H,3-4,9,13H2,1-2H3.